The van der Waals surface area contributed by atoms with Crippen LogP contribution in [0.5, 0.6) is 0 Å². The maximum absolute atomic E-state index is 13.7. The largest absolute Gasteiger partial charge is 0.392 e. The highest BCUT2D eigenvalue weighted by molar-refractivity contribution is 7.98. The van der Waals surface area contributed by atoms with Crippen molar-refractivity contribution in [1.82, 2.24) is 0 Å². The Morgan fingerprint density at radius 2 is 1.94 bits per heavy atom. The summed E-state index contributed by atoms with van der Waals surface area (Å²) in [5.74, 6) is 0.482. The SMILES string of the molecule is Cc1cccc(CSc2ccc(CO)cc2F)c1. The van der Waals surface area contributed by atoms with Gasteiger partial charge in [-0.05, 0) is 30.2 Å². The molecule has 2 aromatic rings. The van der Waals surface area contributed by atoms with Gasteiger partial charge in [0.1, 0.15) is 5.82 Å². The summed E-state index contributed by atoms with van der Waals surface area (Å²) in [4.78, 5) is 0.619. The molecule has 1 nitrogen and oxygen atoms in total. The van der Waals surface area contributed by atoms with Crippen LogP contribution in [0.2, 0.25) is 0 Å². The molecule has 0 heterocycles. The molecule has 3 heteroatoms. The lowest BCUT2D eigenvalue weighted by atomic mass is 10.2. The van der Waals surface area contributed by atoms with Crippen LogP contribution in [0, 0.1) is 12.7 Å². The monoisotopic (exact) mass is 262 g/mol. The average Bonchev–Trinajstić information content (AvgIpc) is 2.37. The van der Waals surface area contributed by atoms with Gasteiger partial charge < -0.3 is 5.11 Å². The van der Waals surface area contributed by atoms with E-state index in [-0.39, 0.29) is 12.4 Å². The van der Waals surface area contributed by atoms with Gasteiger partial charge in [-0.3, -0.25) is 0 Å². The number of aliphatic hydroxyl groups is 1. The minimum atomic E-state index is -0.265. The van der Waals surface area contributed by atoms with Crippen LogP contribution in [0.1, 0.15) is 16.7 Å². The number of halogens is 1. The first-order chi connectivity index (χ1) is 8.69. The van der Waals surface area contributed by atoms with Gasteiger partial charge in [-0.2, -0.15) is 0 Å². The Morgan fingerprint density at radius 1 is 1.11 bits per heavy atom. The van der Waals surface area contributed by atoms with Crippen LogP contribution in [0.3, 0.4) is 0 Å². The van der Waals surface area contributed by atoms with Crippen LogP contribution in [-0.4, -0.2) is 5.11 Å². The topological polar surface area (TPSA) is 20.2 Å². The van der Waals surface area contributed by atoms with Gasteiger partial charge in [0.15, 0.2) is 0 Å². The van der Waals surface area contributed by atoms with E-state index in [0.717, 1.165) is 5.75 Å². The molecule has 0 aliphatic rings. The zero-order valence-electron chi connectivity index (χ0n) is 10.2. The molecule has 2 rings (SSSR count). The maximum Gasteiger partial charge on any atom is 0.137 e. The first-order valence-electron chi connectivity index (χ1n) is 5.76. The third-order valence-electron chi connectivity index (χ3n) is 2.66. The van der Waals surface area contributed by atoms with E-state index in [1.807, 2.05) is 25.1 Å². The van der Waals surface area contributed by atoms with Crippen LogP contribution in [0.4, 0.5) is 4.39 Å². The van der Waals surface area contributed by atoms with Crippen LogP contribution in [-0.2, 0) is 12.4 Å². The molecule has 18 heavy (non-hydrogen) atoms. The Bertz CT molecular complexity index is 540. The standard InChI is InChI=1S/C15H15FOS/c1-11-3-2-4-13(7-11)10-18-15-6-5-12(9-17)8-14(15)16/h2-8,17H,9-10H2,1H3. The van der Waals surface area contributed by atoms with Crippen LogP contribution < -0.4 is 0 Å². The molecular formula is C15H15FOS. The highest BCUT2D eigenvalue weighted by atomic mass is 32.2. The van der Waals surface area contributed by atoms with E-state index < -0.39 is 0 Å². The van der Waals surface area contributed by atoms with E-state index in [1.165, 1.54) is 29.0 Å². The highest BCUT2D eigenvalue weighted by Crippen LogP contribution is 2.26. The fourth-order valence-electron chi connectivity index (χ4n) is 1.72. The molecule has 0 amide bonds. The second-order valence-corrected chi connectivity index (χ2v) is 5.22. The fourth-order valence-corrected chi connectivity index (χ4v) is 2.59. The first-order valence-corrected chi connectivity index (χ1v) is 6.75. The fraction of sp³-hybridized carbons (Fsp3) is 0.200. The predicted molar refractivity (Wildman–Crippen MR) is 73.1 cm³/mol. The van der Waals surface area contributed by atoms with Gasteiger partial charge in [0.25, 0.3) is 0 Å². The van der Waals surface area contributed by atoms with Crippen molar-refractivity contribution >= 4 is 11.8 Å². The lowest BCUT2D eigenvalue weighted by Gasteiger charge is -2.05. The summed E-state index contributed by atoms with van der Waals surface area (Å²) in [6.07, 6.45) is 0. The maximum atomic E-state index is 13.7. The zero-order valence-corrected chi connectivity index (χ0v) is 11.0. The summed E-state index contributed by atoms with van der Waals surface area (Å²) in [5, 5.41) is 8.92. The molecule has 0 aliphatic carbocycles. The van der Waals surface area contributed by atoms with Gasteiger partial charge >= 0.3 is 0 Å². The minimum Gasteiger partial charge on any atom is -0.392 e. The van der Waals surface area contributed by atoms with Gasteiger partial charge in [0.05, 0.1) is 6.61 Å². The average molecular weight is 262 g/mol. The van der Waals surface area contributed by atoms with Crippen molar-refractivity contribution in [3.05, 3.63) is 65.0 Å². The molecule has 0 atom stereocenters. The molecule has 0 aromatic heterocycles. The molecule has 0 radical (unpaired) electrons. The Balaban J connectivity index is 2.06. The predicted octanol–water partition coefficient (Wildman–Crippen LogP) is 3.92. The summed E-state index contributed by atoms with van der Waals surface area (Å²) < 4.78 is 13.7. The van der Waals surface area contributed by atoms with Crippen molar-refractivity contribution in [2.45, 2.75) is 24.2 Å². The molecule has 0 unspecified atom stereocenters. The van der Waals surface area contributed by atoms with E-state index in [0.29, 0.717) is 10.5 Å². The number of hydrogen-bond acceptors (Lipinski definition) is 2. The number of aryl methyl sites for hydroxylation is 1. The van der Waals surface area contributed by atoms with Crippen molar-refractivity contribution in [3.8, 4) is 0 Å². The molecule has 0 spiro atoms. The van der Waals surface area contributed by atoms with Gasteiger partial charge in [0, 0.05) is 10.6 Å². The molecule has 0 fully saturated rings. The molecule has 0 saturated heterocycles. The van der Waals surface area contributed by atoms with Crippen LogP contribution in [0.15, 0.2) is 47.4 Å². The molecule has 1 N–H and O–H groups in total. The van der Waals surface area contributed by atoms with E-state index in [2.05, 4.69) is 6.07 Å². The van der Waals surface area contributed by atoms with E-state index >= 15 is 0 Å². The third-order valence-corrected chi connectivity index (χ3v) is 3.78. The number of aliphatic hydroxyl groups excluding tert-OH is 1. The van der Waals surface area contributed by atoms with Gasteiger partial charge in [0.2, 0.25) is 0 Å². The lowest BCUT2D eigenvalue weighted by molar-refractivity contribution is 0.281. The summed E-state index contributed by atoms with van der Waals surface area (Å²) in [6, 6.07) is 13.1. The van der Waals surface area contributed by atoms with Gasteiger partial charge in [-0.1, -0.05) is 35.9 Å². The van der Waals surface area contributed by atoms with E-state index in [4.69, 9.17) is 5.11 Å². The summed E-state index contributed by atoms with van der Waals surface area (Å²) in [5.41, 5.74) is 3.00. The summed E-state index contributed by atoms with van der Waals surface area (Å²) in [7, 11) is 0. The number of thioether (sulfide) groups is 1. The Hall–Kier alpha value is -1.32. The molecule has 2 aromatic carbocycles. The second-order valence-electron chi connectivity index (χ2n) is 4.20. The zero-order chi connectivity index (χ0) is 13.0. The second kappa shape index (κ2) is 6.03. The molecule has 0 saturated carbocycles. The van der Waals surface area contributed by atoms with Crippen molar-refractivity contribution in [3.63, 3.8) is 0 Å². The quantitative estimate of drug-likeness (QED) is 0.843. The molecule has 0 bridgehead atoms. The smallest absolute Gasteiger partial charge is 0.137 e. The molecule has 0 aliphatic heterocycles. The molecule has 94 valence electrons. The van der Waals surface area contributed by atoms with Crippen molar-refractivity contribution in [1.29, 1.82) is 0 Å². The van der Waals surface area contributed by atoms with Crippen molar-refractivity contribution < 1.29 is 9.50 Å². The number of benzene rings is 2. The number of hydrogen-bond donors (Lipinski definition) is 1. The van der Waals surface area contributed by atoms with Gasteiger partial charge in [-0.25, -0.2) is 4.39 Å². The Labute approximate surface area is 111 Å². The van der Waals surface area contributed by atoms with Crippen LogP contribution >= 0.6 is 11.8 Å². The third kappa shape index (κ3) is 3.34. The van der Waals surface area contributed by atoms with E-state index in [1.54, 1.807) is 12.1 Å². The molecular weight excluding hydrogens is 247 g/mol. The first kappa shape index (κ1) is 13.1. The van der Waals surface area contributed by atoms with Crippen molar-refractivity contribution in [2.75, 3.05) is 0 Å². The Morgan fingerprint density at radius 3 is 2.61 bits per heavy atom. The lowest BCUT2D eigenvalue weighted by Crippen LogP contribution is -1.88. The normalized spacial score (nSPS) is 10.6. The van der Waals surface area contributed by atoms with Crippen LogP contribution in [0.25, 0.3) is 0 Å². The van der Waals surface area contributed by atoms with Crippen molar-refractivity contribution in [2.24, 2.45) is 0 Å². The minimum absolute atomic E-state index is 0.125. The van der Waals surface area contributed by atoms with Gasteiger partial charge in [-0.15, -0.1) is 11.8 Å². The highest BCUT2D eigenvalue weighted by Gasteiger charge is 2.04. The van der Waals surface area contributed by atoms with E-state index in [9.17, 15) is 4.39 Å². The number of rotatable bonds is 4. The summed E-state index contributed by atoms with van der Waals surface area (Å²) in [6.45, 7) is 1.92. The Kier molecular flexibility index (Phi) is 4.39. The summed E-state index contributed by atoms with van der Waals surface area (Å²) >= 11 is 1.47.